The van der Waals surface area contributed by atoms with Crippen LogP contribution in [0.15, 0.2) is 41.4 Å². The number of benzene rings is 1. The van der Waals surface area contributed by atoms with Gasteiger partial charge in [-0.05, 0) is 37.5 Å². The minimum Gasteiger partial charge on any atom is -0.493 e. The molecule has 7 nitrogen and oxygen atoms in total. The number of carbonyl (C=O) groups excluding carboxylic acids is 1. The highest BCUT2D eigenvalue weighted by Crippen LogP contribution is 2.29. The smallest absolute Gasteiger partial charge is 0.276 e. The molecule has 1 fully saturated rings. The molecule has 1 amide bonds. The van der Waals surface area contributed by atoms with Crippen molar-refractivity contribution in [2.45, 2.75) is 32.4 Å². The van der Waals surface area contributed by atoms with Crippen LogP contribution < -0.4 is 9.47 Å². The van der Waals surface area contributed by atoms with E-state index in [0.717, 1.165) is 25.0 Å². The normalized spacial score (nSPS) is 16.0. The van der Waals surface area contributed by atoms with Crippen molar-refractivity contribution in [3.05, 3.63) is 53.9 Å². The predicted molar refractivity (Wildman–Crippen MR) is 104 cm³/mol. The third kappa shape index (κ3) is 4.92. The molecule has 0 saturated carbocycles. The Bertz CT molecular complexity index is 811. The molecule has 1 atom stereocenters. The lowest BCUT2D eigenvalue weighted by atomic mass is 10.1. The fourth-order valence-electron chi connectivity index (χ4n) is 3.18. The van der Waals surface area contributed by atoms with Crippen LogP contribution in [0.1, 0.15) is 34.7 Å². The van der Waals surface area contributed by atoms with Crippen LogP contribution in [0.4, 0.5) is 0 Å². The van der Waals surface area contributed by atoms with Gasteiger partial charge in [-0.25, -0.2) is 0 Å². The molecule has 0 spiro atoms. The maximum absolute atomic E-state index is 13.0. The molecule has 1 saturated heterocycles. The van der Waals surface area contributed by atoms with Crippen molar-refractivity contribution in [1.29, 1.82) is 0 Å². The molecule has 0 N–H and O–H groups in total. The van der Waals surface area contributed by atoms with Gasteiger partial charge in [0.05, 0.1) is 13.2 Å². The highest BCUT2D eigenvalue weighted by atomic mass is 16.5. The van der Waals surface area contributed by atoms with E-state index < -0.39 is 0 Å². The number of rotatable bonds is 9. The van der Waals surface area contributed by atoms with Crippen molar-refractivity contribution in [2.75, 3.05) is 26.9 Å². The van der Waals surface area contributed by atoms with E-state index in [1.165, 1.54) is 0 Å². The number of ether oxygens (including phenoxy) is 3. The lowest BCUT2D eigenvalue weighted by molar-refractivity contribution is 0.0499. The average Bonchev–Trinajstić information content (AvgIpc) is 3.37. The number of hydrogen-bond acceptors (Lipinski definition) is 6. The largest absolute Gasteiger partial charge is 0.493 e. The van der Waals surface area contributed by atoms with E-state index >= 15 is 0 Å². The molecule has 1 aliphatic rings. The first kappa shape index (κ1) is 19.9. The Morgan fingerprint density at radius 1 is 1.39 bits per heavy atom. The Labute approximate surface area is 164 Å². The van der Waals surface area contributed by atoms with Gasteiger partial charge in [0.2, 0.25) is 0 Å². The maximum atomic E-state index is 13.0. The molecular formula is C21H26N2O5. The van der Waals surface area contributed by atoms with Crippen LogP contribution >= 0.6 is 0 Å². The summed E-state index contributed by atoms with van der Waals surface area (Å²) in [5.41, 5.74) is 1.22. The number of carbonyl (C=O) groups is 1. The number of methoxy groups -OCH3 is 1. The Morgan fingerprint density at radius 2 is 2.25 bits per heavy atom. The zero-order valence-electron chi connectivity index (χ0n) is 16.3. The van der Waals surface area contributed by atoms with Gasteiger partial charge in [-0.15, -0.1) is 0 Å². The molecule has 3 rings (SSSR count). The zero-order chi connectivity index (χ0) is 19.9. The standard InChI is InChI=1S/C21H26N2O5/c1-4-9-27-19-8-7-16(12-20(19)25-3)13-23(14-17-6-5-10-26-17)21(24)18-11-15(2)28-22-18/h4,7-8,11-12,17H,1,5-6,9-10,13-14H2,2-3H3/t17-/m1/s1. The predicted octanol–water partition coefficient (Wildman–Crippen LogP) is 3.38. The summed E-state index contributed by atoms with van der Waals surface area (Å²) in [7, 11) is 1.59. The Hall–Kier alpha value is -2.80. The quantitative estimate of drug-likeness (QED) is 0.615. The van der Waals surface area contributed by atoms with Crippen molar-refractivity contribution in [3.8, 4) is 11.5 Å². The molecule has 0 radical (unpaired) electrons. The third-order valence-corrected chi connectivity index (χ3v) is 4.54. The molecule has 0 bridgehead atoms. The summed E-state index contributed by atoms with van der Waals surface area (Å²) in [6, 6.07) is 7.29. The second-order valence-electron chi connectivity index (χ2n) is 6.73. The highest BCUT2D eigenvalue weighted by molar-refractivity contribution is 5.92. The van der Waals surface area contributed by atoms with Crippen LogP contribution in [-0.2, 0) is 11.3 Å². The first-order valence-electron chi connectivity index (χ1n) is 9.35. The van der Waals surface area contributed by atoms with Crippen molar-refractivity contribution in [3.63, 3.8) is 0 Å². The van der Waals surface area contributed by atoms with Gasteiger partial charge in [0.1, 0.15) is 12.4 Å². The number of nitrogens with zero attached hydrogens (tertiary/aromatic N) is 2. The fraction of sp³-hybridized carbons (Fsp3) is 0.429. The lowest BCUT2D eigenvalue weighted by Crippen LogP contribution is -2.37. The van der Waals surface area contributed by atoms with Gasteiger partial charge in [-0.2, -0.15) is 0 Å². The van der Waals surface area contributed by atoms with Gasteiger partial charge in [-0.3, -0.25) is 4.79 Å². The Morgan fingerprint density at radius 3 is 2.89 bits per heavy atom. The molecule has 28 heavy (non-hydrogen) atoms. The minimum absolute atomic E-state index is 0.0361. The fourth-order valence-corrected chi connectivity index (χ4v) is 3.18. The summed E-state index contributed by atoms with van der Waals surface area (Å²) in [6.45, 7) is 7.45. The summed E-state index contributed by atoms with van der Waals surface area (Å²) in [4.78, 5) is 14.7. The molecular weight excluding hydrogens is 360 g/mol. The molecule has 1 aliphatic heterocycles. The number of hydrogen-bond donors (Lipinski definition) is 0. The van der Waals surface area contributed by atoms with Gasteiger partial charge in [0.25, 0.3) is 5.91 Å². The van der Waals surface area contributed by atoms with Gasteiger partial charge >= 0.3 is 0 Å². The Balaban J connectivity index is 1.79. The SMILES string of the molecule is C=CCOc1ccc(CN(C[C@H]2CCCO2)C(=O)c2cc(C)on2)cc1OC. The molecule has 1 aromatic heterocycles. The number of amides is 1. The first-order chi connectivity index (χ1) is 13.6. The summed E-state index contributed by atoms with van der Waals surface area (Å²) in [6.07, 6.45) is 3.67. The molecule has 0 aliphatic carbocycles. The van der Waals surface area contributed by atoms with E-state index in [9.17, 15) is 4.79 Å². The second-order valence-corrected chi connectivity index (χ2v) is 6.73. The van der Waals surface area contributed by atoms with E-state index in [4.69, 9.17) is 18.7 Å². The van der Waals surface area contributed by atoms with Crippen LogP contribution in [0.2, 0.25) is 0 Å². The topological polar surface area (TPSA) is 74.0 Å². The van der Waals surface area contributed by atoms with Crippen molar-refractivity contribution < 1.29 is 23.5 Å². The van der Waals surface area contributed by atoms with Crippen molar-refractivity contribution in [2.24, 2.45) is 0 Å². The van der Waals surface area contributed by atoms with Gasteiger partial charge in [-0.1, -0.05) is 23.9 Å². The lowest BCUT2D eigenvalue weighted by Gasteiger charge is -2.25. The summed E-state index contributed by atoms with van der Waals surface area (Å²) in [5, 5.41) is 3.87. The van der Waals surface area contributed by atoms with Crippen LogP contribution in [0.25, 0.3) is 0 Å². The maximum Gasteiger partial charge on any atom is 0.276 e. The highest BCUT2D eigenvalue weighted by Gasteiger charge is 2.25. The molecule has 150 valence electrons. The Kier molecular flexibility index (Phi) is 6.71. The van der Waals surface area contributed by atoms with Crippen molar-refractivity contribution in [1.82, 2.24) is 10.1 Å². The van der Waals surface area contributed by atoms with Gasteiger partial charge < -0.3 is 23.6 Å². The van der Waals surface area contributed by atoms with E-state index in [2.05, 4.69) is 11.7 Å². The van der Waals surface area contributed by atoms with Crippen LogP contribution in [0.3, 0.4) is 0 Å². The van der Waals surface area contributed by atoms with E-state index in [1.54, 1.807) is 31.1 Å². The number of aryl methyl sites for hydroxylation is 1. The molecule has 0 unspecified atom stereocenters. The van der Waals surface area contributed by atoms with Crippen molar-refractivity contribution >= 4 is 5.91 Å². The third-order valence-electron chi connectivity index (χ3n) is 4.54. The molecule has 2 heterocycles. The zero-order valence-corrected chi connectivity index (χ0v) is 16.3. The van der Waals surface area contributed by atoms with E-state index in [0.29, 0.717) is 42.6 Å². The van der Waals surface area contributed by atoms with Crippen LogP contribution in [0.5, 0.6) is 11.5 Å². The monoisotopic (exact) mass is 386 g/mol. The summed E-state index contributed by atoms with van der Waals surface area (Å²) < 4.78 is 21.8. The van der Waals surface area contributed by atoms with Crippen LogP contribution in [0, 0.1) is 6.92 Å². The van der Waals surface area contributed by atoms with E-state index in [-0.39, 0.29) is 12.0 Å². The molecule has 2 aromatic rings. The molecule has 7 heteroatoms. The van der Waals surface area contributed by atoms with Gasteiger partial charge in [0.15, 0.2) is 17.2 Å². The van der Waals surface area contributed by atoms with Crippen LogP contribution in [-0.4, -0.2) is 48.9 Å². The number of aromatic nitrogens is 1. The van der Waals surface area contributed by atoms with E-state index in [1.807, 2.05) is 18.2 Å². The average molecular weight is 386 g/mol. The van der Waals surface area contributed by atoms with Gasteiger partial charge in [0, 0.05) is 25.8 Å². The second kappa shape index (κ2) is 9.41. The summed E-state index contributed by atoms with van der Waals surface area (Å²) in [5.74, 6) is 1.67. The summed E-state index contributed by atoms with van der Waals surface area (Å²) >= 11 is 0. The first-order valence-corrected chi connectivity index (χ1v) is 9.35. The minimum atomic E-state index is -0.182. The molecule has 1 aromatic carbocycles.